The molecule has 2 heterocycles. The van der Waals surface area contributed by atoms with Gasteiger partial charge in [-0.05, 0) is 52.0 Å². The fourth-order valence-corrected chi connectivity index (χ4v) is 2.95. The molecule has 0 saturated carbocycles. The number of hydrogen-bond donors (Lipinski definition) is 0. The van der Waals surface area contributed by atoms with Gasteiger partial charge < -0.3 is 9.64 Å². The topological polar surface area (TPSA) is 47.4 Å². The first-order valence-corrected chi connectivity index (χ1v) is 8.35. The third kappa shape index (κ3) is 4.32. The maximum atomic E-state index is 12.2. The van der Waals surface area contributed by atoms with Crippen LogP contribution >= 0.6 is 0 Å². The summed E-state index contributed by atoms with van der Waals surface area (Å²) in [6, 6.07) is 0. The zero-order valence-electron chi connectivity index (χ0n) is 14.4. The number of aromatic nitrogens is 2. The Morgan fingerprint density at radius 2 is 2.18 bits per heavy atom. The van der Waals surface area contributed by atoms with Crippen LogP contribution < -0.4 is 0 Å². The van der Waals surface area contributed by atoms with Crippen molar-refractivity contribution in [3.63, 3.8) is 0 Å². The first kappa shape index (κ1) is 17.0. The summed E-state index contributed by atoms with van der Waals surface area (Å²) in [5.41, 5.74) is 3.43. The molecule has 0 spiro atoms. The van der Waals surface area contributed by atoms with E-state index in [0.717, 1.165) is 37.4 Å². The molecule has 1 amide bonds. The second-order valence-electron chi connectivity index (χ2n) is 6.36. The second-order valence-corrected chi connectivity index (χ2v) is 6.36. The summed E-state index contributed by atoms with van der Waals surface area (Å²) < 4.78 is 7.56. The molecule has 1 aromatic rings. The van der Waals surface area contributed by atoms with Crippen molar-refractivity contribution in [2.45, 2.75) is 65.5 Å². The van der Waals surface area contributed by atoms with Crippen LogP contribution in [0.25, 0.3) is 0 Å². The first-order chi connectivity index (χ1) is 10.5. The molecule has 124 valence electrons. The van der Waals surface area contributed by atoms with E-state index in [4.69, 9.17) is 4.74 Å². The van der Waals surface area contributed by atoms with Crippen molar-refractivity contribution in [1.29, 1.82) is 0 Å². The lowest BCUT2D eigenvalue weighted by molar-refractivity contribution is -0.130. The highest BCUT2D eigenvalue weighted by Crippen LogP contribution is 2.17. The molecule has 1 atom stereocenters. The van der Waals surface area contributed by atoms with Crippen molar-refractivity contribution in [3.05, 3.63) is 17.0 Å². The summed E-state index contributed by atoms with van der Waals surface area (Å²) in [7, 11) is 1.89. The molecule has 0 aliphatic carbocycles. The van der Waals surface area contributed by atoms with Gasteiger partial charge in [-0.2, -0.15) is 5.10 Å². The quantitative estimate of drug-likeness (QED) is 0.778. The molecule has 1 fully saturated rings. The molecule has 1 saturated heterocycles. The number of amides is 1. The Kier molecular flexibility index (Phi) is 6.00. The minimum absolute atomic E-state index is 0.192. The Morgan fingerprint density at radius 1 is 1.41 bits per heavy atom. The SMILES string of the molecule is Cc1nn(CCC(=O)N(C)CCC[C@@H]2CCCO2)c(C)c1C. The standard InChI is InChI=1S/C17H29N3O2/c1-13-14(2)18-20(15(13)3)11-9-17(21)19(4)10-5-7-16-8-6-12-22-16/h16H,5-12H2,1-4H3/t16-/m1/s1. The third-order valence-corrected chi connectivity index (χ3v) is 4.75. The van der Waals surface area contributed by atoms with Crippen molar-refractivity contribution in [1.82, 2.24) is 14.7 Å². The molecule has 0 N–H and O–H groups in total. The molecule has 22 heavy (non-hydrogen) atoms. The van der Waals surface area contributed by atoms with Crippen LogP contribution in [0, 0.1) is 20.8 Å². The maximum absolute atomic E-state index is 12.2. The Labute approximate surface area is 133 Å². The Bertz CT molecular complexity index is 504. The smallest absolute Gasteiger partial charge is 0.224 e. The predicted octanol–water partition coefficient (Wildman–Crippen LogP) is 2.62. The number of hydrogen-bond acceptors (Lipinski definition) is 3. The maximum Gasteiger partial charge on any atom is 0.224 e. The molecule has 0 unspecified atom stereocenters. The summed E-state index contributed by atoms with van der Waals surface area (Å²) in [6.45, 7) is 8.53. The molecular weight excluding hydrogens is 278 g/mol. The predicted molar refractivity (Wildman–Crippen MR) is 86.9 cm³/mol. The highest BCUT2D eigenvalue weighted by molar-refractivity contribution is 5.75. The van der Waals surface area contributed by atoms with Gasteiger partial charge in [0.15, 0.2) is 0 Å². The van der Waals surface area contributed by atoms with Crippen molar-refractivity contribution >= 4 is 5.91 Å². The fraction of sp³-hybridized carbons (Fsp3) is 0.765. The molecule has 0 radical (unpaired) electrons. The zero-order chi connectivity index (χ0) is 16.1. The third-order valence-electron chi connectivity index (χ3n) is 4.75. The van der Waals surface area contributed by atoms with E-state index in [0.29, 0.717) is 19.1 Å². The van der Waals surface area contributed by atoms with Crippen molar-refractivity contribution in [2.75, 3.05) is 20.2 Å². The largest absolute Gasteiger partial charge is 0.378 e. The lowest BCUT2D eigenvalue weighted by atomic mass is 10.1. The van der Waals surface area contributed by atoms with Crippen LogP contribution in [0.15, 0.2) is 0 Å². The van der Waals surface area contributed by atoms with Crippen LogP contribution in [0.2, 0.25) is 0 Å². The van der Waals surface area contributed by atoms with Gasteiger partial charge >= 0.3 is 0 Å². The van der Waals surface area contributed by atoms with E-state index in [-0.39, 0.29) is 5.91 Å². The minimum atomic E-state index is 0.192. The van der Waals surface area contributed by atoms with E-state index in [1.54, 1.807) is 0 Å². The van der Waals surface area contributed by atoms with Gasteiger partial charge in [0.1, 0.15) is 0 Å². The van der Waals surface area contributed by atoms with Crippen molar-refractivity contribution < 1.29 is 9.53 Å². The molecule has 1 aliphatic heterocycles. The van der Waals surface area contributed by atoms with E-state index >= 15 is 0 Å². The van der Waals surface area contributed by atoms with Gasteiger partial charge in [-0.25, -0.2) is 0 Å². The van der Waals surface area contributed by atoms with Crippen LogP contribution in [-0.2, 0) is 16.1 Å². The van der Waals surface area contributed by atoms with Crippen LogP contribution in [0.4, 0.5) is 0 Å². The number of carbonyl (C=O) groups excluding carboxylic acids is 1. The number of nitrogens with zero attached hydrogens (tertiary/aromatic N) is 3. The monoisotopic (exact) mass is 307 g/mol. The Hall–Kier alpha value is -1.36. The van der Waals surface area contributed by atoms with Gasteiger partial charge in [0, 0.05) is 38.9 Å². The molecule has 1 aromatic heterocycles. The van der Waals surface area contributed by atoms with E-state index < -0.39 is 0 Å². The highest BCUT2D eigenvalue weighted by atomic mass is 16.5. The number of aryl methyl sites for hydroxylation is 2. The summed E-state index contributed by atoms with van der Waals surface area (Å²) in [4.78, 5) is 14.0. The van der Waals surface area contributed by atoms with Crippen LogP contribution in [0.5, 0.6) is 0 Å². The Morgan fingerprint density at radius 3 is 2.77 bits per heavy atom. The minimum Gasteiger partial charge on any atom is -0.378 e. The Balaban J connectivity index is 1.70. The van der Waals surface area contributed by atoms with Crippen LogP contribution in [0.1, 0.15) is 49.1 Å². The molecule has 5 heteroatoms. The van der Waals surface area contributed by atoms with Crippen molar-refractivity contribution in [3.8, 4) is 0 Å². The molecule has 5 nitrogen and oxygen atoms in total. The summed E-state index contributed by atoms with van der Waals surface area (Å²) in [5.74, 6) is 0.192. The highest BCUT2D eigenvalue weighted by Gasteiger charge is 2.16. The fourth-order valence-electron chi connectivity index (χ4n) is 2.95. The van der Waals surface area contributed by atoms with E-state index in [2.05, 4.69) is 18.9 Å². The molecular formula is C17H29N3O2. The van der Waals surface area contributed by atoms with Crippen LogP contribution in [-0.4, -0.2) is 46.9 Å². The summed E-state index contributed by atoms with van der Waals surface area (Å²) in [6.07, 6.45) is 5.37. The molecule has 2 rings (SSSR count). The average Bonchev–Trinajstić information content (AvgIpc) is 3.09. The van der Waals surface area contributed by atoms with Gasteiger partial charge in [0.2, 0.25) is 5.91 Å². The van der Waals surface area contributed by atoms with Gasteiger partial charge in [-0.3, -0.25) is 9.48 Å². The van der Waals surface area contributed by atoms with Gasteiger partial charge in [-0.15, -0.1) is 0 Å². The van der Waals surface area contributed by atoms with E-state index in [9.17, 15) is 4.79 Å². The first-order valence-electron chi connectivity index (χ1n) is 8.35. The lowest BCUT2D eigenvalue weighted by Gasteiger charge is -2.18. The number of carbonyl (C=O) groups is 1. The molecule has 0 bridgehead atoms. The van der Waals surface area contributed by atoms with E-state index in [1.807, 2.05) is 23.6 Å². The number of rotatable bonds is 7. The summed E-state index contributed by atoms with van der Waals surface area (Å²) >= 11 is 0. The van der Waals surface area contributed by atoms with Crippen LogP contribution in [0.3, 0.4) is 0 Å². The molecule has 0 aromatic carbocycles. The lowest BCUT2D eigenvalue weighted by Crippen LogP contribution is -2.29. The second kappa shape index (κ2) is 7.77. The average molecular weight is 307 g/mol. The van der Waals surface area contributed by atoms with Crippen molar-refractivity contribution in [2.24, 2.45) is 0 Å². The number of ether oxygens (including phenoxy) is 1. The normalized spacial score (nSPS) is 17.9. The summed E-state index contributed by atoms with van der Waals surface area (Å²) in [5, 5.41) is 4.48. The van der Waals surface area contributed by atoms with Gasteiger partial charge in [-0.1, -0.05) is 0 Å². The van der Waals surface area contributed by atoms with E-state index in [1.165, 1.54) is 18.4 Å². The zero-order valence-corrected chi connectivity index (χ0v) is 14.4. The van der Waals surface area contributed by atoms with Gasteiger partial charge in [0.05, 0.1) is 11.8 Å². The molecule has 1 aliphatic rings. The van der Waals surface area contributed by atoms with Gasteiger partial charge in [0.25, 0.3) is 0 Å².